The summed E-state index contributed by atoms with van der Waals surface area (Å²) in [4.78, 5) is 12.1. The van der Waals surface area contributed by atoms with Crippen molar-refractivity contribution in [3.8, 4) is 0 Å². The summed E-state index contributed by atoms with van der Waals surface area (Å²) in [5, 5.41) is 1.98. The Bertz CT molecular complexity index is 500. The van der Waals surface area contributed by atoms with Crippen LogP contribution in [0.1, 0.15) is 10.4 Å². The van der Waals surface area contributed by atoms with Gasteiger partial charge >= 0.3 is 0 Å². The Morgan fingerprint density at radius 1 is 1.12 bits per heavy atom. The van der Waals surface area contributed by atoms with Crippen molar-refractivity contribution in [2.45, 2.75) is 0 Å². The molecule has 2 aromatic rings. The summed E-state index contributed by atoms with van der Waals surface area (Å²) in [5.74, 6) is -0.424. The van der Waals surface area contributed by atoms with Crippen molar-refractivity contribution < 1.29 is 4.79 Å². The van der Waals surface area contributed by atoms with Crippen LogP contribution in [0.15, 0.2) is 53.9 Å². The van der Waals surface area contributed by atoms with Crippen LogP contribution in [-0.4, -0.2) is 5.91 Å². The summed E-state index contributed by atoms with van der Waals surface area (Å²) < 4.78 is 0. The summed E-state index contributed by atoms with van der Waals surface area (Å²) in [7, 11) is 0. The van der Waals surface area contributed by atoms with E-state index in [0.29, 0.717) is 0 Å². The molecule has 2 nitrogen and oxygen atoms in total. The molecule has 0 fully saturated rings. The molecule has 0 aliphatic rings. The molecule has 1 amide bonds. The van der Waals surface area contributed by atoms with Crippen LogP contribution < -0.4 is 5.73 Å². The Balaban J connectivity index is 2.49. The minimum absolute atomic E-state index is 0.424. The first kappa shape index (κ1) is 10.6. The Labute approximate surface area is 98.0 Å². The number of amides is 1. The number of carbonyl (C=O) groups is 1. The topological polar surface area (TPSA) is 43.1 Å². The largest absolute Gasteiger partial charge is 0.366 e. The van der Waals surface area contributed by atoms with Gasteiger partial charge in [0.2, 0.25) is 5.91 Å². The highest BCUT2D eigenvalue weighted by Crippen LogP contribution is 2.26. The van der Waals surface area contributed by atoms with Crippen molar-refractivity contribution in [1.29, 1.82) is 0 Å². The quantitative estimate of drug-likeness (QED) is 0.808. The van der Waals surface area contributed by atoms with E-state index in [1.807, 2.05) is 47.8 Å². The van der Waals surface area contributed by atoms with E-state index in [9.17, 15) is 4.79 Å². The van der Waals surface area contributed by atoms with Gasteiger partial charge < -0.3 is 5.73 Å². The van der Waals surface area contributed by atoms with E-state index < -0.39 is 5.91 Å². The van der Waals surface area contributed by atoms with Crippen LogP contribution in [0.5, 0.6) is 0 Å². The number of thiophene rings is 1. The summed E-state index contributed by atoms with van der Waals surface area (Å²) in [6.07, 6.45) is 1.47. The lowest BCUT2D eigenvalue weighted by Crippen LogP contribution is -2.07. The minimum atomic E-state index is -0.424. The van der Waals surface area contributed by atoms with Crippen molar-refractivity contribution in [3.05, 3.63) is 64.4 Å². The van der Waals surface area contributed by atoms with Gasteiger partial charge in [-0.1, -0.05) is 36.4 Å². The van der Waals surface area contributed by atoms with Crippen LogP contribution in [0, 0.1) is 0 Å². The molecule has 0 saturated heterocycles. The molecule has 1 aromatic heterocycles. The molecule has 1 aromatic carbocycles. The third-order valence-electron chi connectivity index (χ3n) is 2.16. The van der Waals surface area contributed by atoms with Gasteiger partial charge in [0.25, 0.3) is 0 Å². The fraction of sp³-hybridized carbons (Fsp3) is 0. The highest BCUT2D eigenvalue weighted by atomic mass is 32.1. The Morgan fingerprint density at radius 3 is 2.44 bits per heavy atom. The van der Waals surface area contributed by atoms with Crippen LogP contribution in [0.25, 0.3) is 5.57 Å². The monoisotopic (exact) mass is 229 g/mol. The molecule has 0 saturated carbocycles. The molecule has 0 atom stereocenters. The third-order valence-corrected chi connectivity index (χ3v) is 3.06. The Hall–Kier alpha value is -1.87. The first-order valence-electron chi connectivity index (χ1n) is 4.88. The van der Waals surface area contributed by atoms with Crippen LogP contribution in [0.3, 0.4) is 0 Å². The first-order chi connectivity index (χ1) is 7.77. The number of rotatable bonds is 3. The smallest absolute Gasteiger partial charge is 0.242 e. The summed E-state index contributed by atoms with van der Waals surface area (Å²) in [6, 6.07) is 13.7. The van der Waals surface area contributed by atoms with E-state index in [1.54, 1.807) is 11.3 Å². The molecule has 80 valence electrons. The molecular weight excluding hydrogens is 218 g/mol. The van der Waals surface area contributed by atoms with E-state index in [2.05, 4.69) is 0 Å². The van der Waals surface area contributed by atoms with Crippen molar-refractivity contribution in [2.75, 3.05) is 0 Å². The molecule has 16 heavy (non-hydrogen) atoms. The van der Waals surface area contributed by atoms with E-state index in [-0.39, 0.29) is 0 Å². The Kier molecular flexibility index (Phi) is 3.17. The van der Waals surface area contributed by atoms with Gasteiger partial charge in [0, 0.05) is 16.5 Å². The second kappa shape index (κ2) is 4.77. The van der Waals surface area contributed by atoms with Gasteiger partial charge in [-0.05, 0) is 17.0 Å². The summed E-state index contributed by atoms with van der Waals surface area (Å²) in [6.45, 7) is 0. The number of hydrogen-bond donors (Lipinski definition) is 1. The number of carbonyl (C=O) groups excluding carboxylic acids is 1. The van der Waals surface area contributed by atoms with Gasteiger partial charge in [0.1, 0.15) is 0 Å². The predicted octanol–water partition coefficient (Wildman–Crippen LogP) is 2.67. The standard InChI is InChI=1S/C13H11NOS/c14-13(15)9-11(12-7-4-8-16-12)10-5-2-1-3-6-10/h1-9H,(H2,14,15). The van der Waals surface area contributed by atoms with Crippen molar-refractivity contribution in [3.63, 3.8) is 0 Å². The molecule has 0 radical (unpaired) electrons. The first-order valence-corrected chi connectivity index (χ1v) is 5.76. The molecule has 0 unspecified atom stereocenters. The number of primary amides is 1. The Morgan fingerprint density at radius 2 is 1.88 bits per heavy atom. The molecule has 3 heteroatoms. The molecule has 1 heterocycles. The van der Waals surface area contributed by atoms with Crippen molar-refractivity contribution >= 4 is 22.8 Å². The molecule has 0 aliphatic heterocycles. The maximum Gasteiger partial charge on any atom is 0.242 e. The highest BCUT2D eigenvalue weighted by molar-refractivity contribution is 7.11. The molecule has 0 bridgehead atoms. The van der Waals surface area contributed by atoms with Crippen molar-refractivity contribution in [1.82, 2.24) is 0 Å². The lowest BCUT2D eigenvalue weighted by atomic mass is 10.0. The SMILES string of the molecule is NC(=O)C=C(c1ccccc1)c1cccs1. The van der Waals surface area contributed by atoms with Gasteiger partial charge in [-0.2, -0.15) is 0 Å². The van der Waals surface area contributed by atoms with Crippen LogP contribution >= 0.6 is 11.3 Å². The van der Waals surface area contributed by atoms with E-state index in [1.165, 1.54) is 6.08 Å². The molecule has 0 aliphatic carbocycles. The van der Waals surface area contributed by atoms with Crippen LogP contribution in [-0.2, 0) is 4.79 Å². The van der Waals surface area contributed by atoms with E-state index in [0.717, 1.165) is 16.0 Å². The molecule has 2 N–H and O–H groups in total. The predicted molar refractivity (Wildman–Crippen MR) is 67.0 cm³/mol. The number of benzene rings is 1. The maximum atomic E-state index is 11.0. The summed E-state index contributed by atoms with van der Waals surface area (Å²) >= 11 is 1.59. The van der Waals surface area contributed by atoms with E-state index >= 15 is 0 Å². The summed E-state index contributed by atoms with van der Waals surface area (Å²) in [5.41, 5.74) is 7.11. The van der Waals surface area contributed by atoms with Gasteiger partial charge in [-0.15, -0.1) is 11.3 Å². The normalized spacial score (nSPS) is 11.4. The van der Waals surface area contributed by atoms with Gasteiger partial charge in [0.05, 0.1) is 0 Å². The second-order valence-electron chi connectivity index (χ2n) is 3.30. The average molecular weight is 229 g/mol. The molecule has 0 spiro atoms. The van der Waals surface area contributed by atoms with Gasteiger partial charge in [-0.3, -0.25) is 4.79 Å². The zero-order valence-electron chi connectivity index (χ0n) is 8.59. The van der Waals surface area contributed by atoms with Gasteiger partial charge in [-0.25, -0.2) is 0 Å². The lowest BCUT2D eigenvalue weighted by molar-refractivity contribution is -0.113. The minimum Gasteiger partial charge on any atom is -0.366 e. The maximum absolute atomic E-state index is 11.0. The lowest BCUT2D eigenvalue weighted by Gasteiger charge is -2.04. The molecule has 2 rings (SSSR count). The van der Waals surface area contributed by atoms with Crippen LogP contribution in [0.2, 0.25) is 0 Å². The fourth-order valence-corrected chi connectivity index (χ4v) is 2.25. The third kappa shape index (κ3) is 2.38. The zero-order valence-corrected chi connectivity index (χ0v) is 9.41. The second-order valence-corrected chi connectivity index (χ2v) is 4.25. The fourth-order valence-electron chi connectivity index (χ4n) is 1.49. The molecular formula is C13H11NOS. The zero-order chi connectivity index (χ0) is 11.4. The average Bonchev–Trinajstić information content (AvgIpc) is 2.80. The van der Waals surface area contributed by atoms with Crippen molar-refractivity contribution in [2.24, 2.45) is 5.73 Å². The van der Waals surface area contributed by atoms with E-state index in [4.69, 9.17) is 5.73 Å². The van der Waals surface area contributed by atoms with Gasteiger partial charge in [0.15, 0.2) is 0 Å². The highest BCUT2D eigenvalue weighted by Gasteiger charge is 2.06. The number of hydrogen-bond acceptors (Lipinski definition) is 2. The number of nitrogens with two attached hydrogens (primary N) is 1. The van der Waals surface area contributed by atoms with Crippen LogP contribution in [0.4, 0.5) is 0 Å².